The molecule has 2 amide bonds. The quantitative estimate of drug-likeness (QED) is 0.685. The number of anilines is 2. The number of nitrogens with zero attached hydrogens (tertiary/aromatic N) is 2. The van der Waals surface area contributed by atoms with Crippen molar-refractivity contribution in [2.75, 3.05) is 16.8 Å². The Morgan fingerprint density at radius 3 is 2.52 bits per heavy atom. The highest BCUT2D eigenvalue weighted by atomic mass is 16.6. The lowest BCUT2D eigenvalue weighted by Crippen LogP contribution is -2.28. The minimum Gasteiger partial charge on any atom is -0.326 e. The molecule has 1 saturated heterocycles. The lowest BCUT2D eigenvalue weighted by Gasteiger charge is -2.19. The predicted molar refractivity (Wildman–Crippen MR) is 93.4 cm³/mol. The number of non-ortho nitro benzene ring substituents is 1. The van der Waals surface area contributed by atoms with Crippen LogP contribution in [0.15, 0.2) is 48.5 Å². The summed E-state index contributed by atoms with van der Waals surface area (Å²) < 4.78 is 0. The number of amides is 2. The third-order valence-electron chi connectivity index (χ3n) is 4.25. The molecule has 25 heavy (non-hydrogen) atoms. The maximum absolute atomic E-state index is 12.4. The van der Waals surface area contributed by atoms with Gasteiger partial charge in [-0.05, 0) is 30.7 Å². The van der Waals surface area contributed by atoms with Gasteiger partial charge in [0.25, 0.3) is 5.69 Å². The van der Waals surface area contributed by atoms with Gasteiger partial charge in [-0.1, -0.05) is 18.2 Å². The summed E-state index contributed by atoms with van der Waals surface area (Å²) in [5, 5.41) is 13.4. The van der Waals surface area contributed by atoms with Gasteiger partial charge in [-0.2, -0.15) is 0 Å². The van der Waals surface area contributed by atoms with Crippen molar-refractivity contribution in [3.63, 3.8) is 0 Å². The fourth-order valence-corrected chi connectivity index (χ4v) is 2.89. The first-order valence-electron chi connectivity index (χ1n) is 7.87. The second-order valence-corrected chi connectivity index (χ2v) is 5.99. The lowest BCUT2D eigenvalue weighted by molar-refractivity contribution is -0.384. The molecule has 7 nitrogen and oxygen atoms in total. The van der Waals surface area contributed by atoms with Gasteiger partial charge < -0.3 is 10.2 Å². The van der Waals surface area contributed by atoms with Gasteiger partial charge in [0.15, 0.2) is 0 Å². The van der Waals surface area contributed by atoms with Crippen LogP contribution in [0.3, 0.4) is 0 Å². The number of nitro groups is 1. The highest BCUT2D eigenvalue weighted by Gasteiger charge is 2.35. The second-order valence-electron chi connectivity index (χ2n) is 5.99. The van der Waals surface area contributed by atoms with E-state index in [0.717, 1.165) is 11.3 Å². The number of carbonyl (C=O) groups excluding carboxylic acids is 2. The number of rotatable bonds is 4. The maximum atomic E-state index is 12.4. The fraction of sp³-hybridized carbons (Fsp3) is 0.222. The molecule has 1 N–H and O–H groups in total. The summed E-state index contributed by atoms with van der Waals surface area (Å²) in [6, 6.07) is 13.2. The zero-order chi connectivity index (χ0) is 18.0. The van der Waals surface area contributed by atoms with Crippen LogP contribution in [0.4, 0.5) is 17.1 Å². The topological polar surface area (TPSA) is 92.6 Å². The zero-order valence-electron chi connectivity index (χ0n) is 13.6. The Kier molecular flexibility index (Phi) is 4.47. The van der Waals surface area contributed by atoms with Gasteiger partial charge in [0.2, 0.25) is 11.8 Å². The number of nitro benzene ring substituents is 1. The van der Waals surface area contributed by atoms with E-state index < -0.39 is 10.8 Å². The average molecular weight is 339 g/mol. The number of hydrogen-bond acceptors (Lipinski definition) is 4. The molecule has 0 unspecified atom stereocenters. The van der Waals surface area contributed by atoms with Gasteiger partial charge in [-0.3, -0.25) is 19.7 Å². The monoisotopic (exact) mass is 339 g/mol. The molecule has 1 fully saturated rings. The number of carbonyl (C=O) groups is 2. The number of hydrogen-bond donors (Lipinski definition) is 1. The third-order valence-corrected chi connectivity index (χ3v) is 4.25. The molecule has 2 aromatic carbocycles. The minimum atomic E-state index is -0.499. The summed E-state index contributed by atoms with van der Waals surface area (Å²) in [7, 11) is 0. The summed E-state index contributed by atoms with van der Waals surface area (Å²) in [6.07, 6.45) is 0.146. The van der Waals surface area contributed by atoms with E-state index in [2.05, 4.69) is 5.32 Å². The van der Waals surface area contributed by atoms with Crippen LogP contribution >= 0.6 is 0 Å². The molecule has 0 spiro atoms. The number of para-hydroxylation sites is 1. The molecule has 0 aliphatic carbocycles. The van der Waals surface area contributed by atoms with Gasteiger partial charge >= 0.3 is 0 Å². The van der Waals surface area contributed by atoms with Crippen molar-refractivity contribution in [3.05, 3.63) is 64.2 Å². The summed E-state index contributed by atoms with van der Waals surface area (Å²) in [6.45, 7) is 2.25. The molecule has 1 atom stereocenters. The van der Waals surface area contributed by atoms with E-state index in [4.69, 9.17) is 0 Å². The molecule has 2 aromatic rings. The Labute approximate surface area is 144 Å². The first kappa shape index (κ1) is 16.6. The molecule has 3 rings (SSSR count). The van der Waals surface area contributed by atoms with Gasteiger partial charge in [0.05, 0.1) is 10.8 Å². The summed E-state index contributed by atoms with van der Waals surface area (Å²) in [4.78, 5) is 36.5. The molecule has 0 saturated carbocycles. The first-order chi connectivity index (χ1) is 12.0. The maximum Gasteiger partial charge on any atom is 0.269 e. The fourth-order valence-electron chi connectivity index (χ4n) is 2.89. The summed E-state index contributed by atoms with van der Waals surface area (Å²) in [5.74, 6) is -0.807. The van der Waals surface area contributed by atoms with Crippen molar-refractivity contribution >= 4 is 28.9 Å². The van der Waals surface area contributed by atoms with E-state index in [9.17, 15) is 19.7 Å². The van der Waals surface area contributed by atoms with Crippen LogP contribution in [0.1, 0.15) is 12.0 Å². The largest absolute Gasteiger partial charge is 0.326 e. The SMILES string of the molecule is Cc1ccccc1N1C[C@H](C(=O)Nc2ccc([N+](=O)[O-])cc2)CC1=O. The van der Waals surface area contributed by atoms with Crippen molar-refractivity contribution in [2.24, 2.45) is 5.92 Å². The Morgan fingerprint density at radius 2 is 1.88 bits per heavy atom. The summed E-state index contributed by atoms with van der Waals surface area (Å²) in [5.41, 5.74) is 2.22. The third kappa shape index (κ3) is 3.50. The van der Waals surface area contributed by atoms with E-state index in [0.29, 0.717) is 12.2 Å². The van der Waals surface area contributed by atoms with Gasteiger partial charge in [0, 0.05) is 36.5 Å². The highest BCUT2D eigenvalue weighted by Crippen LogP contribution is 2.28. The van der Waals surface area contributed by atoms with Crippen LogP contribution in [0.25, 0.3) is 0 Å². The Hall–Kier alpha value is -3.22. The molecular formula is C18H17N3O4. The van der Waals surface area contributed by atoms with E-state index in [1.165, 1.54) is 24.3 Å². The number of nitrogens with one attached hydrogen (secondary N) is 1. The van der Waals surface area contributed by atoms with Crippen LogP contribution in [-0.4, -0.2) is 23.3 Å². The average Bonchev–Trinajstić information content (AvgIpc) is 2.97. The first-order valence-corrected chi connectivity index (χ1v) is 7.87. The molecule has 0 bridgehead atoms. The smallest absolute Gasteiger partial charge is 0.269 e. The van der Waals surface area contributed by atoms with Crippen LogP contribution < -0.4 is 10.2 Å². The standard InChI is InChI=1S/C18H17N3O4/c1-12-4-2-3-5-16(12)20-11-13(10-17(20)22)18(23)19-14-6-8-15(9-7-14)21(24)25/h2-9,13H,10-11H2,1H3,(H,19,23)/t13-/m1/s1. The molecule has 128 valence electrons. The van der Waals surface area contributed by atoms with Crippen molar-refractivity contribution in [1.29, 1.82) is 0 Å². The summed E-state index contributed by atoms with van der Waals surface area (Å²) >= 11 is 0. The predicted octanol–water partition coefficient (Wildman–Crippen LogP) is 2.89. The van der Waals surface area contributed by atoms with E-state index in [1.54, 1.807) is 4.90 Å². The molecule has 0 radical (unpaired) electrons. The number of benzene rings is 2. The second kappa shape index (κ2) is 6.72. The van der Waals surface area contributed by atoms with Crippen LogP contribution in [0.2, 0.25) is 0 Å². The van der Waals surface area contributed by atoms with Gasteiger partial charge in [-0.25, -0.2) is 0 Å². The molecule has 7 heteroatoms. The zero-order valence-corrected chi connectivity index (χ0v) is 13.6. The van der Waals surface area contributed by atoms with E-state index in [-0.39, 0.29) is 23.9 Å². The van der Waals surface area contributed by atoms with Crippen LogP contribution in [-0.2, 0) is 9.59 Å². The van der Waals surface area contributed by atoms with Gasteiger partial charge in [-0.15, -0.1) is 0 Å². The molecule has 1 aliphatic rings. The van der Waals surface area contributed by atoms with Crippen molar-refractivity contribution in [3.8, 4) is 0 Å². The highest BCUT2D eigenvalue weighted by molar-refractivity contribution is 6.03. The van der Waals surface area contributed by atoms with Crippen molar-refractivity contribution in [1.82, 2.24) is 0 Å². The Balaban J connectivity index is 1.68. The minimum absolute atomic E-state index is 0.0419. The normalized spacial score (nSPS) is 16.8. The molecule has 1 aliphatic heterocycles. The van der Waals surface area contributed by atoms with Gasteiger partial charge in [0.1, 0.15) is 0 Å². The van der Waals surface area contributed by atoms with E-state index in [1.807, 2.05) is 31.2 Å². The van der Waals surface area contributed by atoms with E-state index >= 15 is 0 Å². The Morgan fingerprint density at radius 1 is 1.20 bits per heavy atom. The number of aryl methyl sites for hydroxylation is 1. The molecule has 0 aromatic heterocycles. The van der Waals surface area contributed by atoms with Crippen molar-refractivity contribution < 1.29 is 14.5 Å². The molecule has 1 heterocycles. The van der Waals surface area contributed by atoms with Crippen LogP contribution in [0.5, 0.6) is 0 Å². The Bertz CT molecular complexity index is 832. The van der Waals surface area contributed by atoms with Crippen LogP contribution in [0, 0.1) is 23.0 Å². The van der Waals surface area contributed by atoms with Crippen molar-refractivity contribution in [2.45, 2.75) is 13.3 Å². The molecular weight excluding hydrogens is 322 g/mol. The lowest BCUT2D eigenvalue weighted by atomic mass is 10.1.